The summed E-state index contributed by atoms with van der Waals surface area (Å²) in [5.41, 5.74) is 1.10. The van der Waals surface area contributed by atoms with E-state index in [1.54, 1.807) is 7.11 Å². The summed E-state index contributed by atoms with van der Waals surface area (Å²) in [5.74, 6) is 0.686. The van der Waals surface area contributed by atoms with E-state index in [-0.39, 0.29) is 12.3 Å². The highest BCUT2D eigenvalue weighted by Crippen LogP contribution is 2.28. The highest BCUT2D eigenvalue weighted by atomic mass is 16.6. The van der Waals surface area contributed by atoms with Crippen molar-refractivity contribution in [2.24, 2.45) is 4.99 Å². The van der Waals surface area contributed by atoms with Crippen molar-refractivity contribution in [3.05, 3.63) is 35.9 Å². The minimum atomic E-state index is -0.211. The van der Waals surface area contributed by atoms with Gasteiger partial charge in [0.2, 0.25) is 0 Å². The molecule has 2 unspecified atom stereocenters. The molecule has 3 nitrogen and oxygen atoms in total. The largest absolute Gasteiger partial charge is 0.468 e. The van der Waals surface area contributed by atoms with Gasteiger partial charge in [-0.1, -0.05) is 30.3 Å². The third-order valence-corrected chi connectivity index (χ3v) is 2.24. The van der Waals surface area contributed by atoms with E-state index >= 15 is 0 Å². The van der Waals surface area contributed by atoms with Gasteiger partial charge in [0.15, 0.2) is 18.2 Å². The van der Waals surface area contributed by atoms with E-state index in [9.17, 15) is 0 Å². The maximum atomic E-state index is 5.58. The monoisotopic (exact) mass is 191 g/mol. The highest BCUT2D eigenvalue weighted by molar-refractivity contribution is 5.75. The van der Waals surface area contributed by atoms with Crippen LogP contribution < -0.4 is 0 Å². The van der Waals surface area contributed by atoms with E-state index in [1.807, 2.05) is 37.3 Å². The van der Waals surface area contributed by atoms with Gasteiger partial charge in [0.1, 0.15) is 0 Å². The molecule has 0 fully saturated rings. The normalized spacial score (nSPS) is 25.7. The minimum absolute atomic E-state index is 0.0961. The van der Waals surface area contributed by atoms with E-state index < -0.39 is 0 Å². The molecule has 1 aliphatic heterocycles. The maximum Gasteiger partial charge on any atom is 0.192 e. The summed E-state index contributed by atoms with van der Waals surface area (Å²) in [6.45, 7) is 1.84. The summed E-state index contributed by atoms with van der Waals surface area (Å²) in [6, 6.07) is 9.99. The molecule has 0 N–H and O–H groups in total. The fourth-order valence-electron chi connectivity index (χ4n) is 1.57. The molecule has 3 heteroatoms. The Kier molecular flexibility index (Phi) is 2.50. The number of rotatable bonds is 2. The van der Waals surface area contributed by atoms with Gasteiger partial charge in [-0.3, -0.25) is 0 Å². The number of methoxy groups -OCH3 is 1. The Balaban J connectivity index is 2.21. The lowest BCUT2D eigenvalue weighted by molar-refractivity contribution is 0.0257. The van der Waals surface area contributed by atoms with Crippen LogP contribution in [0.3, 0.4) is 0 Å². The number of nitrogens with zero attached hydrogens (tertiary/aromatic N) is 1. The molecule has 2 rings (SSSR count). The first kappa shape index (κ1) is 9.21. The van der Waals surface area contributed by atoms with E-state index in [2.05, 4.69) is 4.99 Å². The van der Waals surface area contributed by atoms with Crippen molar-refractivity contribution in [2.45, 2.75) is 19.3 Å². The average molecular weight is 191 g/mol. The van der Waals surface area contributed by atoms with Gasteiger partial charge in [-0.05, 0) is 5.56 Å². The van der Waals surface area contributed by atoms with Gasteiger partial charge in [0.05, 0.1) is 0 Å². The van der Waals surface area contributed by atoms with Crippen LogP contribution in [-0.2, 0) is 9.47 Å². The van der Waals surface area contributed by atoms with Gasteiger partial charge in [-0.2, -0.15) is 0 Å². The van der Waals surface area contributed by atoms with Crippen molar-refractivity contribution in [1.82, 2.24) is 0 Å². The van der Waals surface area contributed by atoms with Gasteiger partial charge >= 0.3 is 0 Å². The van der Waals surface area contributed by atoms with Crippen molar-refractivity contribution in [2.75, 3.05) is 7.11 Å². The smallest absolute Gasteiger partial charge is 0.192 e. The summed E-state index contributed by atoms with van der Waals surface area (Å²) in [7, 11) is 1.64. The van der Waals surface area contributed by atoms with Crippen molar-refractivity contribution < 1.29 is 9.47 Å². The molecule has 0 aliphatic carbocycles. The Bertz CT molecular complexity index is 334. The maximum absolute atomic E-state index is 5.58. The number of aliphatic imine (C=N–C) groups is 1. The molecule has 2 atom stereocenters. The molecular formula is C11H13NO2. The first-order chi connectivity index (χ1) is 6.81. The van der Waals surface area contributed by atoms with E-state index in [4.69, 9.17) is 9.47 Å². The molecular weight excluding hydrogens is 178 g/mol. The summed E-state index contributed by atoms with van der Waals surface area (Å²) in [6.07, 6.45) is -0.307. The fourth-order valence-corrected chi connectivity index (χ4v) is 1.57. The first-order valence-corrected chi connectivity index (χ1v) is 4.60. The second-order valence-corrected chi connectivity index (χ2v) is 3.22. The number of ether oxygens (including phenoxy) is 2. The van der Waals surface area contributed by atoms with E-state index in [1.165, 1.54) is 0 Å². The molecule has 0 amide bonds. The third kappa shape index (κ3) is 1.63. The van der Waals surface area contributed by atoms with E-state index in [0.29, 0.717) is 5.90 Å². The zero-order chi connectivity index (χ0) is 9.97. The SMILES string of the molecule is COC1N=C(C)OC1c1ccccc1. The molecule has 0 saturated carbocycles. The average Bonchev–Trinajstić information content (AvgIpc) is 2.61. The van der Waals surface area contributed by atoms with Crippen LogP contribution in [0.1, 0.15) is 18.6 Å². The molecule has 74 valence electrons. The molecule has 14 heavy (non-hydrogen) atoms. The Morgan fingerprint density at radius 1 is 1.29 bits per heavy atom. The van der Waals surface area contributed by atoms with Crippen LogP contribution in [-0.4, -0.2) is 19.2 Å². The van der Waals surface area contributed by atoms with Crippen LogP contribution in [0.4, 0.5) is 0 Å². The van der Waals surface area contributed by atoms with Gasteiger partial charge in [-0.15, -0.1) is 0 Å². The van der Waals surface area contributed by atoms with Gasteiger partial charge in [0.25, 0.3) is 0 Å². The lowest BCUT2D eigenvalue weighted by Gasteiger charge is -2.16. The standard InChI is InChI=1S/C11H13NO2/c1-8-12-11(13-2)10(14-8)9-6-4-3-5-7-9/h3-7,10-11H,1-2H3. The zero-order valence-electron chi connectivity index (χ0n) is 8.31. The molecule has 0 bridgehead atoms. The quantitative estimate of drug-likeness (QED) is 0.717. The molecule has 0 saturated heterocycles. The Hall–Kier alpha value is -1.35. The minimum Gasteiger partial charge on any atom is -0.468 e. The van der Waals surface area contributed by atoms with Gasteiger partial charge in [0, 0.05) is 14.0 Å². The molecule has 0 aromatic heterocycles. The topological polar surface area (TPSA) is 30.8 Å². The molecule has 0 radical (unpaired) electrons. The predicted octanol–water partition coefficient (Wildman–Crippen LogP) is 2.15. The van der Waals surface area contributed by atoms with Crippen molar-refractivity contribution in [3.8, 4) is 0 Å². The van der Waals surface area contributed by atoms with Crippen molar-refractivity contribution in [3.63, 3.8) is 0 Å². The van der Waals surface area contributed by atoms with Crippen LogP contribution in [0.5, 0.6) is 0 Å². The molecule has 1 heterocycles. The summed E-state index contributed by atoms with van der Waals surface area (Å²) in [5, 5.41) is 0. The Morgan fingerprint density at radius 3 is 2.64 bits per heavy atom. The van der Waals surface area contributed by atoms with Crippen LogP contribution in [0.25, 0.3) is 0 Å². The predicted molar refractivity (Wildman–Crippen MR) is 54.2 cm³/mol. The fraction of sp³-hybridized carbons (Fsp3) is 0.364. The second-order valence-electron chi connectivity index (χ2n) is 3.22. The molecule has 1 aromatic carbocycles. The lowest BCUT2D eigenvalue weighted by Crippen LogP contribution is -2.15. The second kappa shape index (κ2) is 3.80. The first-order valence-electron chi connectivity index (χ1n) is 4.60. The Morgan fingerprint density at radius 2 is 2.00 bits per heavy atom. The van der Waals surface area contributed by atoms with Gasteiger partial charge < -0.3 is 9.47 Å². The lowest BCUT2D eigenvalue weighted by atomic mass is 10.1. The molecule has 1 aromatic rings. The van der Waals surface area contributed by atoms with Crippen LogP contribution in [0.15, 0.2) is 35.3 Å². The summed E-state index contributed by atoms with van der Waals surface area (Å²) in [4.78, 5) is 4.24. The number of benzene rings is 1. The number of hydrogen-bond donors (Lipinski definition) is 0. The van der Waals surface area contributed by atoms with Crippen LogP contribution in [0.2, 0.25) is 0 Å². The molecule has 0 spiro atoms. The van der Waals surface area contributed by atoms with E-state index in [0.717, 1.165) is 5.56 Å². The summed E-state index contributed by atoms with van der Waals surface area (Å²) < 4.78 is 10.8. The highest BCUT2D eigenvalue weighted by Gasteiger charge is 2.30. The van der Waals surface area contributed by atoms with Crippen molar-refractivity contribution >= 4 is 5.90 Å². The third-order valence-electron chi connectivity index (χ3n) is 2.24. The summed E-state index contributed by atoms with van der Waals surface area (Å²) >= 11 is 0. The van der Waals surface area contributed by atoms with Gasteiger partial charge in [-0.25, -0.2) is 4.99 Å². The van der Waals surface area contributed by atoms with Crippen LogP contribution in [0, 0.1) is 0 Å². The van der Waals surface area contributed by atoms with Crippen LogP contribution >= 0.6 is 0 Å². The molecule has 1 aliphatic rings. The number of hydrogen-bond acceptors (Lipinski definition) is 3. The van der Waals surface area contributed by atoms with Crippen molar-refractivity contribution in [1.29, 1.82) is 0 Å². The Labute approximate surface area is 83.4 Å². The zero-order valence-corrected chi connectivity index (χ0v) is 8.31.